The number of hydrogen-bond acceptors (Lipinski definition) is 2. The number of fused-ring (bicyclic) bond motifs is 3. The summed E-state index contributed by atoms with van der Waals surface area (Å²) >= 11 is 0. The molecule has 2 heterocycles. The van der Waals surface area contributed by atoms with Gasteiger partial charge in [-0.1, -0.05) is 146 Å². The monoisotopic (exact) mass is 567 g/mol. The third kappa shape index (κ3) is 4.59. The van der Waals surface area contributed by atoms with Gasteiger partial charge in [-0.15, -0.1) is 0 Å². The van der Waals surface area contributed by atoms with Crippen LogP contribution in [0.25, 0.3) is 49.8 Å². The molecule has 3 nitrogen and oxygen atoms in total. The van der Waals surface area contributed by atoms with Crippen molar-refractivity contribution in [2.45, 2.75) is 12.3 Å². The zero-order valence-electron chi connectivity index (χ0n) is 24.6. The van der Waals surface area contributed by atoms with E-state index in [1.807, 2.05) is 0 Å². The van der Waals surface area contributed by atoms with Crippen LogP contribution < -0.4 is 5.32 Å². The summed E-state index contributed by atoms with van der Waals surface area (Å²) in [4.78, 5) is 2.44. The Kier molecular flexibility index (Phi) is 6.59. The van der Waals surface area contributed by atoms with Crippen LogP contribution in [0.4, 0.5) is 0 Å². The maximum atomic E-state index is 3.95. The topological polar surface area (TPSA) is 20.2 Å². The van der Waals surface area contributed by atoms with Gasteiger partial charge in [0.1, 0.15) is 0 Å². The van der Waals surface area contributed by atoms with E-state index in [9.17, 15) is 0 Å². The average molecular weight is 568 g/mol. The molecule has 1 N–H and O–H groups in total. The molecular weight excluding hydrogens is 534 g/mol. The molecule has 212 valence electrons. The first-order valence-corrected chi connectivity index (χ1v) is 15.2. The molecule has 0 saturated heterocycles. The van der Waals surface area contributed by atoms with Crippen molar-refractivity contribution in [3.63, 3.8) is 0 Å². The highest BCUT2D eigenvalue weighted by molar-refractivity contribution is 6.08. The van der Waals surface area contributed by atoms with Crippen molar-refractivity contribution >= 4 is 27.5 Å². The van der Waals surface area contributed by atoms with Crippen LogP contribution in [-0.2, 0) is 0 Å². The summed E-state index contributed by atoms with van der Waals surface area (Å²) in [6, 6.07) is 56.7. The van der Waals surface area contributed by atoms with Crippen molar-refractivity contribution in [3.05, 3.63) is 175 Å². The highest BCUT2D eigenvalue weighted by Gasteiger charge is 2.32. The summed E-state index contributed by atoms with van der Waals surface area (Å²) in [6.07, 6.45) is 2.27. The normalized spacial score (nSPS) is 17.0. The van der Waals surface area contributed by atoms with E-state index >= 15 is 0 Å². The minimum absolute atomic E-state index is 0.0646. The van der Waals surface area contributed by atoms with Crippen LogP contribution in [0.1, 0.15) is 23.5 Å². The van der Waals surface area contributed by atoms with E-state index in [1.54, 1.807) is 0 Å². The number of hydrogen-bond donors (Lipinski definition) is 1. The van der Waals surface area contributed by atoms with Crippen LogP contribution in [0, 0.1) is 0 Å². The Morgan fingerprint density at radius 2 is 0.886 bits per heavy atom. The van der Waals surface area contributed by atoms with Crippen molar-refractivity contribution < 1.29 is 0 Å². The second kappa shape index (κ2) is 11.0. The summed E-state index contributed by atoms with van der Waals surface area (Å²) in [5.41, 5.74) is 10.9. The molecule has 0 radical (unpaired) electrons. The molecule has 6 aromatic carbocycles. The van der Waals surface area contributed by atoms with Gasteiger partial charge in [0.25, 0.3) is 0 Å². The number of nitrogens with zero attached hydrogens (tertiary/aromatic N) is 2. The van der Waals surface area contributed by atoms with Gasteiger partial charge in [0.15, 0.2) is 6.29 Å². The molecule has 2 atom stereocenters. The van der Waals surface area contributed by atoms with E-state index in [4.69, 9.17) is 0 Å². The number of para-hydroxylation sites is 2. The zero-order valence-corrected chi connectivity index (χ0v) is 24.6. The Labute approximate surface area is 258 Å². The molecule has 0 aliphatic carbocycles. The van der Waals surface area contributed by atoms with Crippen LogP contribution in [0.15, 0.2) is 164 Å². The van der Waals surface area contributed by atoms with Crippen LogP contribution in [-0.4, -0.2) is 16.5 Å². The maximum absolute atomic E-state index is 3.95. The Morgan fingerprint density at radius 1 is 0.455 bits per heavy atom. The molecule has 8 rings (SSSR count). The molecule has 0 amide bonds. The van der Waals surface area contributed by atoms with Crippen molar-refractivity contribution in [2.75, 3.05) is 7.05 Å². The largest absolute Gasteiger partial charge is 0.352 e. The lowest BCUT2D eigenvalue weighted by atomic mass is 9.96. The minimum atomic E-state index is -0.104. The SMILES string of the molecule is CN1C(c2ccc(-c3ccccc3)cc2)C=C(c2ccc(-c3ccccc3)cc2)NC1n1c2ccccc2c2ccccc21. The summed E-state index contributed by atoms with van der Waals surface area (Å²) in [5.74, 6) is 0. The first-order valence-electron chi connectivity index (χ1n) is 15.2. The Hall–Kier alpha value is -5.38. The first-order chi connectivity index (χ1) is 21.7. The van der Waals surface area contributed by atoms with Crippen molar-refractivity contribution in [3.8, 4) is 22.3 Å². The lowest BCUT2D eigenvalue weighted by Crippen LogP contribution is -2.44. The van der Waals surface area contributed by atoms with Gasteiger partial charge >= 0.3 is 0 Å². The summed E-state index contributed by atoms with van der Waals surface area (Å²) in [7, 11) is 2.22. The Morgan fingerprint density at radius 3 is 1.43 bits per heavy atom. The molecular formula is C41H33N3. The molecule has 1 aromatic heterocycles. The van der Waals surface area contributed by atoms with E-state index in [0.717, 1.165) is 5.70 Å². The fourth-order valence-electron chi connectivity index (χ4n) is 6.67. The maximum Gasteiger partial charge on any atom is 0.162 e. The number of aromatic nitrogens is 1. The lowest BCUT2D eigenvalue weighted by Gasteiger charge is -2.41. The molecule has 0 bridgehead atoms. The number of benzene rings is 6. The molecule has 0 saturated carbocycles. The van der Waals surface area contributed by atoms with Crippen molar-refractivity contribution in [1.29, 1.82) is 0 Å². The standard InChI is InChI=1S/C41H33N3/c1-43-40(34-26-22-32(23-27-34)30-14-6-3-7-15-30)28-37(33-24-20-31(21-25-33)29-12-4-2-5-13-29)42-41(43)44-38-18-10-8-16-35(38)36-17-9-11-19-39(36)44/h2-28,40-42H,1H3. The average Bonchev–Trinajstić information content (AvgIpc) is 3.44. The third-order valence-corrected chi connectivity index (χ3v) is 8.96. The lowest BCUT2D eigenvalue weighted by molar-refractivity contribution is 0.124. The minimum Gasteiger partial charge on any atom is -0.352 e. The van der Waals surface area contributed by atoms with Gasteiger partial charge in [-0.25, -0.2) is 0 Å². The fraction of sp³-hybridized carbons (Fsp3) is 0.0732. The Balaban J connectivity index is 1.25. The predicted molar refractivity (Wildman–Crippen MR) is 184 cm³/mol. The second-order valence-electron chi connectivity index (χ2n) is 11.5. The quantitative estimate of drug-likeness (QED) is 0.223. The van der Waals surface area contributed by atoms with Crippen LogP contribution in [0.5, 0.6) is 0 Å². The van der Waals surface area contributed by atoms with Crippen molar-refractivity contribution in [1.82, 2.24) is 14.8 Å². The molecule has 1 aliphatic rings. The van der Waals surface area contributed by atoms with Crippen molar-refractivity contribution in [2.24, 2.45) is 0 Å². The van der Waals surface area contributed by atoms with Gasteiger partial charge in [-0.2, -0.15) is 0 Å². The van der Waals surface area contributed by atoms with E-state index in [2.05, 4.69) is 186 Å². The molecule has 7 aromatic rings. The predicted octanol–water partition coefficient (Wildman–Crippen LogP) is 9.90. The second-order valence-corrected chi connectivity index (χ2v) is 11.5. The zero-order chi connectivity index (χ0) is 29.5. The van der Waals surface area contributed by atoms with Crippen LogP contribution in [0.3, 0.4) is 0 Å². The molecule has 0 spiro atoms. The molecule has 3 heteroatoms. The van der Waals surface area contributed by atoms with Gasteiger partial charge in [-0.3, -0.25) is 4.90 Å². The highest BCUT2D eigenvalue weighted by atomic mass is 15.4. The van der Waals surface area contributed by atoms with E-state index in [-0.39, 0.29) is 12.3 Å². The van der Waals surface area contributed by atoms with E-state index in [0.29, 0.717) is 0 Å². The molecule has 2 unspecified atom stereocenters. The highest BCUT2D eigenvalue weighted by Crippen LogP contribution is 2.39. The van der Waals surface area contributed by atoms with Gasteiger partial charge < -0.3 is 9.88 Å². The van der Waals surface area contributed by atoms with Gasteiger partial charge in [-0.05, 0) is 58.6 Å². The summed E-state index contributed by atoms with van der Waals surface area (Å²) in [5, 5.41) is 6.49. The third-order valence-electron chi connectivity index (χ3n) is 8.96. The van der Waals surface area contributed by atoms with Crippen LogP contribution in [0.2, 0.25) is 0 Å². The smallest absolute Gasteiger partial charge is 0.162 e. The van der Waals surface area contributed by atoms with E-state index in [1.165, 1.54) is 55.2 Å². The molecule has 44 heavy (non-hydrogen) atoms. The van der Waals surface area contributed by atoms with Gasteiger partial charge in [0, 0.05) is 16.5 Å². The first kappa shape index (κ1) is 26.3. The molecule has 1 aliphatic heterocycles. The van der Waals surface area contributed by atoms with Gasteiger partial charge in [0.05, 0.1) is 17.1 Å². The van der Waals surface area contributed by atoms with Crippen LogP contribution >= 0.6 is 0 Å². The number of likely N-dealkylation sites (N-methyl/N-ethyl adjacent to an activating group) is 1. The van der Waals surface area contributed by atoms with E-state index < -0.39 is 0 Å². The Bertz CT molecular complexity index is 2040. The summed E-state index contributed by atoms with van der Waals surface area (Å²) < 4.78 is 2.46. The van der Waals surface area contributed by atoms with Gasteiger partial charge in [0.2, 0.25) is 0 Å². The summed E-state index contributed by atoms with van der Waals surface area (Å²) in [6.45, 7) is 0. The number of rotatable bonds is 5. The number of nitrogens with one attached hydrogen (secondary N) is 1. The molecule has 0 fully saturated rings. The fourth-order valence-corrected chi connectivity index (χ4v) is 6.67.